The first-order valence-electron chi connectivity index (χ1n) is 6.11. The van der Waals surface area contributed by atoms with E-state index in [4.69, 9.17) is 9.72 Å². The molecule has 0 aliphatic carbocycles. The van der Waals surface area contributed by atoms with E-state index in [0.717, 1.165) is 44.8 Å². The van der Waals surface area contributed by atoms with Crippen molar-refractivity contribution in [3.63, 3.8) is 0 Å². The van der Waals surface area contributed by atoms with Gasteiger partial charge in [0, 0.05) is 38.3 Å². The highest BCUT2D eigenvalue weighted by Crippen LogP contribution is 2.27. The summed E-state index contributed by atoms with van der Waals surface area (Å²) >= 11 is 0. The smallest absolute Gasteiger partial charge is 0.109 e. The third kappa shape index (κ3) is 1.76. The summed E-state index contributed by atoms with van der Waals surface area (Å²) in [6.45, 7) is 2.97. The second kappa shape index (κ2) is 4.18. The Bertz CT molecular complexity index is 369. The highest BCUT2D eigenvalue weighted by Gasteiger charge is 2.25. The number of imidazole rings is 1. The third-order valence-electron chi connectivity index (χ3n) is 3.73. The Kier molecular flexibility index (Phi) is 2.69. The van der Waals surface area contributed by atoms with Gasteiger partial charge in [-0.25, -0.2) is 4.98 Å². The van der Waals surface area contributed by atoms with Crippen molar-refractivity contribution in [2.45, 2.75) is 31.7 Å². The zero-order valence-corrected chi connectivity index (χ0v) is 9.43. The normalized spacial score (nSPS) is 29.3. The van der Waals surface area contributed by atoms with Crippen LogP contribution in [0.25, 0.3) is 0 Å². The van der Waals surface area contributed by atoms with Crippen molar-refractivity contribution in [1.29, 1.82) is 0 Å². The first kappa shape index (κ1) is 10.3. The topological polar surface area (TPSA) is 47.3 Å². The molecule has 0 bridgehead atoms. The average Bonchev–Trinajstić information content (AvgIpc) is 2.96. The van der Waals surface area contributed by atoms with E-state index in [0.29, 0.717) is 11.8 Å². The number of hydrogen-bond donors (Lipinski definition) is 1. The lowest BCUT2D eigenvalue weighted by molar-refractivity contribution is 0.193. The van der Waals surface area contributed by atoms with Crippen LogP contribution in [0.5, 0.6) is 0 Å². The van der Waals surface area contributed by atoms with Crippen LogP contribution >= 0.6 is 0 Å². The van der Waals surface area contributed by atoms with Crippen molar-refractivity contribution in [2.24, 2.45) is 5.92 Å². The summed E-state index contributed by atoms with van der Waals surface area (Å²) in [6, 6.07) is 0. The Morgan fingerprint density at radius 1 is 1.50 bits per heavy atom. The molecule has 0 saturated carbocycles. The minimum Gasteiger partial charge on any atom is -0.396 e. The van der Waals surface area contributed by atoms with E-state index >= 15 is 0 Å². The second-order valence-corrected chi connectivity index (χ2v) is 4.88. The SMILES string of the molecule is OCC1CCn2cc(C3CCOC3)nc2C1. The van der Waals surface area contributed by atoms with E-state index in [1.165, 1.54) is 5.69 Å². The molecule has 4 heteroatoms. The Labute approximate surface area is 95.3 Å². The first-order valence-corrected chi connectivity index (χ1v) is 6.11. The van der Waals surface area contributed by atoms with Gasteiger partial charge in [0.2, 0.25) is 0 Å². The fourth-order valence-electron chi connectivity index (χ4n) is 2.64. The van der Waals surface area contributed by atoms with Crippen molar-refractivity contribution >= 4 is 0 Å². The second-order valence-electron chi connectivity index (χ2n) is 4.88. The molecule has 0 amide bonds. The monoisotopic (exact) mass is 222 g/mol. The molecule has 0 radical (unpaired) electrons. The zero-order chi connectivity index (χ0) is 11.0. The number of fused-ring (bicyclic) bond motifs is 1. The lowest BCUT2D eigenvalue weighted by Gasteiger charge is -2.20. The number of hydrogen-bond acceptors (Lipinski definition) is 3. The molecule has 4 nitrogen and oxygen atoms in total. The maximum absolute atomic E-state index is 9.18. The molecule has 2 unspecified atom stereocenters. The number of aliphatic hydroxyl groups excluding tert-OH is 1. The molecule has 3 rings (SSSR count). The molecule has 2 aliphatic heterocycles. The fraction of sp³-hybridized carbons (Fsp3) is 0.750. The van der Waals surface area contributed by atoms with E-state index in [1.54, 1.807) is 0 Å². The van der Waals surface area contributed by atoms with E-state index in [9.17, 15) is 5.11 Å². The lowest BCUT2D eigenvalue weighted by Crippen LogP contribution is -2.21. The number of aryl methyl sites for hydroxylation is 1. The summed E-state index contributed by atoms with van der Waals surface area (Å²) < 4.78 is 7.65. The van der Waals surface area contributed by atoms with Crippen LogP contribution in [0.3, 0.4) is 0 Å². The van der Waals surface area contributed by atoms with Gasteiger partial charge in [0.05, 0.1) is 12.3 Å². The van der Waals surface area contributed by atoms with E-state index in [1.807, 2.05) is 0 Å². The molecule has 16 heavy (non-hydrogen) atoms. The summed E-state index contributed by atoms with van der Waals surface area (Å²) in [6.07, 6.45) is 5.27. The van der Waals surface area contributed by atoms with Gasteiger partial charge in [0.25, 0.3) is 0 Å². The van der Waals surface area contributed by atoms with E-state index < -0.39 is 0 Å². The molecular weight excluding hydrogens is 204 g/mol. The molecule has 1 aromatic heterocycles. The highest BCUT2D eigenvalue weighted by molar-refractivity contribution is 5.12. The van der Waals surface area contributed by atoms with E-state index in [2.05, 4.69) is 10.8 Å². The van der Waals surface area contributed by atoms with Gasteiger partial charge in [-0.15, -0.1) is 0 Å². The maximum atomic E-state index is 9.18. The van der Waals surface area contributed by atoms with Crippen LogP contribution in [0.4, 0.5) is 0 Å². The Balaban J connectivity index is 1.80. The summed E-state index contributed by atoms with van der Waals surface area (Å²) in [7, 11) is 0. The van der Waals surface area contributed by atoms with Crippen LogP contribution in [0.15, 0.2) is 6.20 Å². The van der Waals surface area contributed by atoms with Crippen molar-refractivity contribution in [3.05, 3.63) is 17.7 Å². The summed E-state index contributed by atoms with van der Waals surface area (Å²) in [5.74, 6) is 2.04. The van der Waals surface area contributed by atoms with Crippen LogP contribution in [-0.4, -0.2) is 34.5 Å². The average molecular weight is 222 g/mol. The van der Waals surface area contributed by atoms with Crippen LogP contribution in [-0.2, 0) is 17.7 Å². The van der Waals surface area contributed by atoms with Gasteiger partial charge < -0.3 is 14.4 Å². The molecule has 2 aliphatic rings. The molecule has 1 fully saturated rings. The molecule has 88 valence electrons. The van der Waals surface area contributed by atoms with Crippen LogP contribution in [0, 0.1) is 5.92 Å². The minimum atomic E-state index is 0.286. The van der Waals surface area contributed by atoms with Gasteiger partial charge in [-0.3, -0.25) is 0 Å². The fourth-order valence-corrected chi connectivity index (χ4v) is 2.64. The van der Waals surface area contributed by atoms with Gasteiger partial charge in [-0.1, -0.05) is 0 Å². The molecule has 3 heterocycles. The third-order valence-corrected chi connectivity index (χ3v) is 3.73. The number of ether oxygens (including phenoxy) is 1. The highest BCUT2D eigenvalue weighted by atomic mass is 16.5. The molecule has 2 atom stereocenters. The molecular formula is C12H18N2O2. The predicted molar refractivity (Wildman–Crippen MR) is 59.3 cm³/mol. The maximum Gasteiger partial charge on any atom is 0.109 e. The largest absolute Gasteiger partial charge is 0.396 e. The molecule has 1 N–H and O–H groups in total. The standard InChI is InChI=1S/C12H18N2O2/c15-7-9-1-3-14-6-11(13-12(14)5-9)10-2-4-16-8-10/h6,9-10,15H,1-5,7-8H2. The lowest BCUT2D eigenvalue weighted by atomic mass is 9.99. The summed E-state index contributed by atoms with van der Waals surface area (Å²) in [5, 5.41) is 9.18. The summed E-state index contributed by atoms with van der Waals surface area (Å²) in [5.41, 5.74) is 1.19. The number of rotatable bonds is 2. The molecule has 1 aromatic rings. The quantitative estimate of drug-likeness (QED) is 0.810. The van der Waals surface area contributed by atoms with Gasteiger partial charge in [-0.05, 0) is 18.8 Å². The number of nitrogens with zero attached hydrogens (tertiary/aromatic N) is 2. The minimum absolute atomic E-state index is 0.286. The van der Waals surface area contributed by atoms with Gasteiger partial charge in [-0.2, -0.15) is 0 Å². The van der Waals surface area contributed by atoms with Gasteiger partial charge in [0.15, 0.2) is 0 Å². The molecule has 0 aromatic carbocycles. The van der Waals surface area contributed by atoms with Crippen molar-refractivity contribution < 1.29 is 9.84 Å². The molecule has 1 saturated heterocycles. The first-order chi connectivity index (χ1) is 7.86. The Morgan fingerprint density at radius 3 is 3.19 bits per heavy atom. The number of aliphatic hydroxyl groups is 1. The van der Waals surface area contributed by atoms with Gasteiger partial charge >= 0.3 is 0 Å². The van der Waals surface area contributed by atoms with E-state index in [-0.39, 0.29) is 6.61 Å². The van der Waals surface area contributed by atoms with Crippen LogP contribution < -0.4 is 0 Å². The summed E-state index contributed by atoms with van der Waals surface area (Å²) in [4.78, 5) is 4.70. The zero-order valence-electron chi connectivity index (χ0n) is 9.43. The van der Waals surface area contributed by atoms with Crippen molar-refractivity contribution in [2.75, 3.05) is 19.8 Å². The molecule has 0 spiro atoms. The van der Waals surface area contributed by atoms with Crippen LogP contribution in [0.1, 0.15) is 30.3 Å². The Hall–Kier alpha value is -0.870. The van der Waals surface area contributed by atoms with Gasteiger partial charge in [0.1, 0.15) is 5.82 Å². The van der Waals surface area contributed by atoms with Crippen molar-refractivity contribution in [3.8, 4) is 0 Å². The Morgan fingerprint density at radius 2 is 2.44 bits per heavy atom. The van der Waals surface area contributed by atoms with Crippen LogP contribution in [0.2, 0.25) is 0 Å². The number of aromatic nitrogens is 2. The van der Waals surface area contributed by atoms with Crippen molar-refractivity contribution in [1.82, 2.24) is 9.55 Å². The predicted octanol–water partition coefficient (Wildman–Crippen LogP) is 0.942.